The molecule has 0 bridgehead atoms. The van der Waals surface area contributed by atoms with Crippen LogP contribution in [0.25, 0.3) is 21.4 Å². The Morgan fingerprint density at radius 1 is 1.33 bits per heavy atom. The largest absolute Gasteiger partial charge is 0.463 e. The summed E-state index contributed by atoms with van der Waals surface area (Å²) >= 11 is 7.57. The molecule has 0 radical (unpaired) electrons. The average molecular weight is 277 g/mol. The van der Waals surface area contributed by atoms with Crippen molar-refractivity contribution in [3.8, 4) is 10.4 Å². The summed E-state index contributed by atoms with van der Waals surface area (Å²) in [7, 11) is 0. The van der Waals surface area contributed by atoms with Crippen LogP contribution in [0.2, 0.25) is 5.02 Å². The number of fused-ring (bicyclic) bond motifs is 1. The SMILES string of the molecule is Cc1cc2occ(-c3cccs3)c(=O)c2cc1Cl. The highest BCUT2D eigenvalue weighted by Gasteiger charge is 2.11. The fourth-order valence-electron chi connectivity index (χ4n) is 1.85. The number of benzene rings is 1. The molecule has 0 unspecified atom stereocenters. The van der Waals surface area contributed by atoms with Crippen molar-refractivity contribution >= 4 is 33.9 Å². The van der Waals surface area contributed by atoms with E-state index in [1.807, 2.05) is 24.4 Å². The molecule has 1 aromatic carbocycles. The zero-order chi connectivity index (χ0) is 12.7. The molecule has 0 aliphatic rings. The maximum Gasteiger partial charge on any atom is 0.201 e. The second-order valence-corrected chi connectivity index (χ2v) is 5.41. The average Bonchev–Trinajstić information content (AvgIpc) is 2.86. The predicted molar refractivity (Wildman–Crippen MR) is 75.5 cm³/mol. The third kappa shape index (κ3) is 1.76. The van der Waals surface area contributed by atoms with E-state index in [1.165, 1.54) is 17.6 Å². The number of hydrogen-bond acceptors (Lipinski definition) is 3. The van der Waals surface area contributed by atoms with Crippen molar-refractivity contribution in [2.75, 3.05) is 0 Å². The Labute approximate surface area is 112 Å². The van der Waals surface area contributed by atoms with E-state index in [0.717, 1.165) is 10.4 Å². The van der Waals surface area contributed by atoms with E-state index in [9.17, 15) is 4.79 Å². The third-order valence-corrected chi connectivity index (χ3v) is 4.15. The van der Waals surface area contributed by atoms with E-state index in [4.69, 9.17) is 16.0 Å². The molecule has 2 aromatic heterocycles. The monoisotopic (exact) mass is 276 g/mol. The van der Waals surface area contributed by atoms with Gasteiger partial charge in [0.1, 0.15) is 11.8 Å². The number of halogens is 1. The lowest BCUT2D eigenvalue weighted by atomic mass is 10.1. The first-order chi connectivity index (χ1) is 8.66. The molecule has 18 heavy (non-hydrogen) atoms. The van der Waals surface area contributed by atoms with Gasteiger partial charge in [0.25, 0.3) is 0 Å². The van der Waals surface area contributed by atoms with Gasteiger partial charge in [-0.05, 0) is 36.1 Å². The molecule has 2 heterocycles. The summed E-state index contributed by atoms with van der Waals surface area (Å²) < 4.78 is 5.53. The molecule has 0 N–H and O–H groups in total. The lowest BCUT2D eigenvalue weighted by Gasteiger charge is -2.03. The summed E-state index contributed by atoms with van der Waals surface area (Å²) in [6, 6.07) is 7.27. The Morgan fingerprint density at radius 3 is 2.89 bits per heavy atom. The molecule has 3 aromatic rings. The molecule has 0 aliphatic carbocycles. The maximum atomic E-state index is 12.4. The fourth-order valence-corrected chi connectivity index (χ4v) is 2.75. The van der Waals surface area contributed by atoms with Crippen LogP contribution >= 0.6 is 22.9 Å². The second-order valence-electron chi connectivity index (χ2n) is 4.05. The Hall–Kier alpha value is -1.58. The summed E-state index contributed by atoms with van der Waals surface area (Å²) in [5.41, 5.74) is 2.01. The van der Waals surface area contributed by atoms with Gasteiger partial charge in [-0.15, -0.1) is 11.3 Å². The van der Waals surface area contributed by atoms with E-state index >= 15 is 0 Å². The molecular weight excluding hydrogens is 268 g/mol. The summed E-state index contributed by atoms with van der Waals surface area (Å²) in [5, 5.41) is 3.04. The summed E-state index contributed by atoms with van der Waals surface area (Å²) in [6.45, 7) is 1.88. The molecule has 0 atom stereocenters. The van der Waals surface area contributed by atoms with Crippen molar-refractivity contribution < 1.29 is 4.42 Å². The van der Waals surface area contributed by atoms with Crippen molar-refractivity contribution in [3.05, 3.63) is 56.7 Å². The molecule has 90 valence electrons. The third-order valence-electron chi connectivity index (χ3n) is 2.84. The molecule has 0 saturated carbocycles. The number of hydrogen-bond donors (Lipinski definition) is 0. The van der Waals surface area contributed by atoms with E-state index in [1.54, 1.807) is 12.1 Å². The highest BCUT2D eigenvalue weighted by atomic mass is 35.5. The molecule has 0 saturated heterocycles. The smallest absolute Gasteiger partial charge is 0.201 e. The standard InChI is InChI=1S/C14H9ClO2S/c1-8-5-12-9(6-11(8)15)14(16)10(7-17-12)13-3-2-4-18-13/h2-7H,1H3. The van der Waals surface area contributed by atoms with Gasteiger partial charge < -0.3 is 4.42 Å². The van der Waals surface area contributed by atoms with Crippen LogP contribution in [-0.4, -0.2) is 0 Å². The van der Waals surface area contributed by atoms with Crippen molar-refractivity contribution in [3.63, 3.8) is 0 Å². The number of thiophene rings is 1. The van der Waals surface area contributed by atoms with Gasteiger partial charge in [-0.1, -0.05) is 17.7 Å². The van der Waals surface area contributed by atoms with Gasteiger partial charge in [-0.2, -0.15) is 0 Å². The van der Waals surface area contributed by atoms with Gasteiger partial charge in [-0.25, -0.2) is 0 Å². The molecule has 0 amide bonds. The van der Waals surface area contributed by atoms with Crippen LogP contribution in [0.15, 0.2) is 45.1 Å². The maximum absolute atomic E-state index is 12.4. The van der Waals surface area contributed by atoms with E-state index in [0.29, 0.717) is 21.6 Å². The van der Waals surface area contributed by atoms with Gasteiger partial charge in [0.05, 0.1) is 10.9 Å². The van der Waals surface area contributed by atoms with Gasteiger partial charge in [0.15, 0.2) is 0 Å². The van der Waals surface area contributed by atoms with Gasteiger partial charge in [-0.3, -0.25) is 4.79 Å². The zero-order valence-corrected chi connectivity index (χ0v) is 11.1. The van der Waals surface area contributed by atoms with Crippen molar-refractivity contribution in [1.29, 1.82) is 0 Å². The number of rotatable bonds is 1. The van der Waals surface area contributed by atoms with Crippen LogP contribution < -0.4 is 5.43 Å². The first-order valence-electron chi connectivity index (χ1n) is 5.42. The van der Waals surface area contributed by atoms with Crippen molar-refractivity contribution in [1.82, 2.24) is 0 Å². The Kier molecular flexibility index (Phi) is 2.73. The topological polar surface area (TPSA) is 30.2 Å². The Bertz CT molecular complexity index is 772. The summed E-state index contributed by atoms with van der Waals surface area (Å²) in [6.07, 6.45) is 1.52. The van der Waals surface area contributed by atoms with Crippen molar-refractivity contribution in [2.24, 2.45) is 0 Å². The first kappa shape index (κ1) is 11.5. The van der Waals surface area contributed by atoms with E-state index < -0.39 is 0 Å². The van der Waals surface area contributed by atoms with Crippen LogP contribution in [0.5, 0.6) is 0 Å². The minimum atomic E-state index is -0.0411. The molecule has 4 heteroatoms. The summed E-state index contributed by atoms with van der Waals surface area (Å²) in [4.78, 5) is 13.3. The van der Waals surface area contributed by atoms with Gasteiger partial charge >= 0.3 is 0 Å². The zero-order valence-electron chi connectivity index (χ0n) is 9.57. The second kappa shape index (κ2) is 4.26. The fraction of sp³-hybridized carbons (Fsp3) is 0.0714. The highest BCUT2D eigenvalue weighted by Crippen LogP contribution is 2.26. The minimum Gasteiger partial charge on any atom is -0.463 e. The lowest BCUT2D eigenvalue weighted by Crippen LogP contribution is -2.04. The molecule has 2 nitrogen and oxygen atoms in total. The van der Waals surface area contributed by atoms with Crippen LogP contribution in [0, 0.1) is 6.92 Å². The molecule has 0 spiro atoms. The van der Waals surface area contributed by atoms with Crippen LogP contribution in [0.1, 0.15) is 5.56 Å². The molecule has 0 aliphatic heterocycles. The van der Waals surface area contributed by atoms with Crippen LogP contribution in [-0.2, 0) is 0 Å². The van der Waals surface area contributed by atoms with Crippen LogP contribution in [0.4, 0.5) is 0 Å². The van der Waals surface area contributed by atoms with Crippen molar-refractivity contribution in [2.45, 2.75) is 6.92 Å². The minimum absolute atomic E-state index is 0.0411. The lowest BCUT2D eigenvalue weighted by molar-refractivity contribution is 0.604. The van der Waals surface area contributed by atoms with Gasteiger partial charge in [0.2, 0.25) is 5.43 Å². The number of aryl methyl sites for hydroxylation is 1. The Morgan fingerprint density at radius 2 is 2.17 bits per heavy atom. The molecule has 3 rings (SSSR count). The highest BCUT2D eigenvalue weighted by molar-refractivity contribution is 7.13. The summed E-state index contributed by atoms with van der Waals surface area (Å²) in [5.74, 6) is 0. The Balaban J connectivity index is 2.36. The normalized spacial score (nSPS) is 11.0. The predicted octanol–water partition coefficient (Wildman–Crippen LogP) is 4.48. The quantitative estimate of drug-likeness (QED) is 0.656. The first-order valence-corrected chi connectivity index (χ1v) is 6.68. The van der Waals surface area contributed by atoms with Gasteiger partial charge in [0, 0.05) is 9.90 Å². The molecular formula is C14H9ClO2S. The molecule has 0 fully saturated rings. The van der Waals surface area contributed by atoms with E-state index in [2.05, 4.69) is 0 Å². The van der Waals surface area contributed by atoms with Crippen LogP contribution in [0.3, 0.4) is 0 Å². The van der Waals surface area contributed by atoms with E-state index in [-0.39, 0.29) is 5.43 Å².